The lowest BCUT2D eigenvalue weighted by Gasteiger charge is -2.42. The molecule has 1 fully saturated rings. The van der Waals surface area contributed by atoms with Gasteiger partial charge in [0.05, 0.1) is 5.92 Å². The summed E-state index contributed by atoms with van der Waals surface area (Å²) in [6, 6.07) is 0.505. The van der Waals surface area contributed by atoms with Crippen molar-refractivity contribution in [3.63, 3.8) is 0 Å². The topological polar surface area (TPSA) is 40.5 Å². The quantitative estimate of drug-likeness (QED) is 0.757. The summed E-state index contributed by atoms with van der Waals surface area (Å²) in [5.41, 5.74) is 0. The minimum atomic E-state index is -0.620. The lowest BCUT2D eigenvalue weighted by molar-refractivity contribution is -0.147. The van der Waals surface area contributed by atoms with Crippen molar-refractivity contribution in [2.75, 3.05) is 13.1 Å². The number of carboxylic acids is 1. The van der Waals surface area contributed by atoms with E-state index in [4.69, 9.17) is 5.11 Å². The van der Waals surface area contributed by atoms with E-state index in [-0.39, 0.29) is 5.92 Å². The monoisotopic (exact) mass is 227 g/mol. The maximum Gasteiger partial charge on any atom is 0.306 e. The van der Waals surface area contributed by atoms with E-state index in [1.807, 2.05) is 0 Å². The van der Waals surface area contributed by atoms with Gasteiger partial charge in [0.2, 0.25) is 0 Å². The van der Waals surface area contributed by atoms with Crippen molar-refractivity contribution in [2.45, 2.75) is 46.6 Å². The number of hydrogen-bond donors (Lipinski definition) is 1. The Morgan fingerprint density at radius 1 is 1.19 bits per heavy atom. The molecule has 0 saturated heterocycles. The van der Waals surface area contributed by atoms with Crippen LogP contribution in [0.25, 0.3) is 0 Å². The lowest BCUT2D eigenvalue weighted by atomic mass is 9.79. The molecule has 1 N–H and O–H groups in total. The van der Waals surface area contributed by atoms with E-state index in [9.17, 15) is 4.79 Å². The summed E-state index contributed by atoms with van der Waals surface area (Å²) in [4.78, 5) is 13.3. The second-order valence-corrected chi connectivity index (χ2v) is 5.90. The standard InChI is InChI=1S/C13H25NO2/c1-9(2)7-14(8-10(3)4)12-5-11(6-12)13(15)16/h9-12H,5-8H2,1-4H3,(H,15,16). The van der Waals surface area contributed by atoms with Crippen LogP contribution in [0.2, 0.25) is 0 Å². The van der Waals surface area contributed by atoms with Crippen LogP contribution in [-0.4, -0.2) is 35.1 Å². The Balaban J connectivity index is 2.42. The van der Waals surface area contributed by atoms with Crippen molar-refractivity contribution in [2.24, 2.45) is 17.8 Å². The van der Waals surface area contributed by atoms with Crippen LogP contribution in [0.1, 0.15) is 40.5 Å². The molecule has 0 amide bonds. The van der Waals surface area contributed by atoms with Crippen LogP contribution in [-0.2, 0) is 4.79 Å². The largest absolute Gasteiger partial charge is 0.481 e. The van der Waals surface area contributed by atoms with Crippen molar-refractivity contribution in [1.82, 2.24) is 4.90 Å². The molecule has 0 aromatic carbocycles. The molecule has 0 atom stereocenters. The van der Waals surface area contributed by atoms with Gasteiger partial charge in [-0.3, -0.25) is 9.69 Å². The third-order valence-corrected chi connectivity index (χ3v) is 3.18. The van der Waals surface area contributed by atoms with Crippen molar-refractivity contribution in [1.29, 1.82) is 0 Å². The van der Waals surface area contributed by atoms with E-state index in [0.29, 0.717) is 17.9 Å². The zero-order valence-electron chi connectivity index (χ0n) is 10.9. The summed E-state index contributed by atoms with van der Waals surface area (Å²) in [5.74, 6) is 0.599. The molecule has 1 rings (SSSR count). The first-order valence-corrected chi connectivity index (χ1v) is 6.37. The smallest absolute Gasteiger partial charge is 0.306 e. The van der Waals surface area contributed by atoms with Gasteiger partial charge in [0.15, 0.2) is 0 Å². The first kappa shape index (κ1) is 13.5. The molecule has 3 heteroatoms. The van der Waals surface area contributed by atoms with Crippen LogP contribution in [0, 0.1) is 17.8 Å². The molecular weight excluding hydrogens is 202 g/mol. The fourth-order valence-corrected chi connectivity index (χ4v) is 2.40. The third-order valence-electron chi connectivity index (χ3n) is 3.18. The van der Waals surface area contributed by atoms with Crippen molar-refractivity contribution >= 4 is 5.97 Å². The maximum absolute atomic E-state index is 10.8. The van der Waals surface area contributed by atoms with Crippen LogP contribution in [0.3, 0.4) is 0 Å². The Morgan fingerprint density at radius 2 is 1.62 bits per heavy atom. The molecule has 1 aliphatic rings. The average Bonchev–Trinajstić information content (AvgIpc) is 1.96. The molecule has 1 saturated carbocycles. The Hall–Kier alpha value is -0.570. The fraction of sp³-hybridized carbons (Fsp3) is 0.923. The molecule has 1 aliphatic carbocycles. The van der Waals surface area contributed by atoms with Gasteiger partial charge >= 0.3 is 5.97 Å². The number of hydrogen-bond acceptors (Lipinski definition) is 2. The van der Waals surface area contributed by atoms with Gasteiger partial charge in [-0.15, -0.1) is 0 Å². The van der Waals surface area contributed by atoms with Crippen molar-refractivity contribution in [3.05, 3.63) is 0 Å². The summed E-state index contributed by atoms with van der Waals surface area (Å²) in [6.45, 7) is 11.1. The predicted octanol–water partition coefficient (Wildman–Crippen LogP) is 2.46. The Morgan fingerprint density at radius 3 is 1.94 bits per heavy atom. The Bertz CT molecular complexity index is 222. The number of rotatable bonds is 6. The number of carbonyl (C=O) groups is 1. The normalized spacial score (nSPS) is 25.2. The first-order valence-electron chi connectivity index (χ1n) is 6.37. The zero-order valence-corrected chi connectivity index (χ0v) is 10.9. The molecule has 3 nitrogen and oxygen atoms in total. The van der Waals surface area contributed by atoms with Gasteiger partial charge < -0.3 is 5.11 Å². The number of nitrogens with zero attached hydrogens (tertiary/aromatic N) is 1. The highest BCUT2D eigenvalue weighted by Crippen LogP contribution is 2.32. The van der Waals surface area contributed by atoms with E-state index in [2.05, 4.69) is 32.6 Å². The first-order chi connectivity index (χ1) is 7.40. The summed E-state index contributed by atoms with van der Waals surface area (Å²) < 4.78 is 0. The molecule has 0 radical (unpaired) electrons. The van der Waals surface area contributed by atoms with Crippen molar-refractivity contribution < 1.29 is 9.90 Å². The average molecular weight is 227 g/mol. The number of aliphatic carboxylic acids is 1. The van der Waals surface area contributed by atoms with Gasteiger partial charge in [0.25, 0.3) is 0 Å². The van der Waals surface area contributed by atoms with E-state index < -0.39 is 5.97 Å². The minimum Gasteiger partial charge on any atom is -0.481 e. The van der Waals surface area contributed by atoms with Gasteiger partial charge in [-0.1, -0.05) is 27.7 Å². The highest BCUT2D eigenvalue weighted by Gasteiger charge is 2.37. The second kappa shape index (κ2) is 5.67. The van der Waals surface area contributed by atoms with Gasteiger partial charge in [-0.05, 0) is 24.7 Å². The van der Waals surface area contributed by atoms with Crippen LogP contribution >= 0.6 is 0 Å². The highest BCUT2D eigenvalue weighted by molar-refractivity contribution is 5.71. The van der Waals surface area contributed by atoms with Gasteiger partial charge in [-0.25, -0.2) is 0 Å². The lowest BCUT2D eigenvalue weighted by Crippen LogP contribution is -2.49. The van der Waals surface area contributed by atoms with Gasteiger partial charge in [-0.2, -0.15) is 0 Å². The second-order valence-electron chi connectivity index (χ2n) is 5.90. The molecule has 94 valence electrons. The van der Waals surface area contributed by atoms with Crippen molar-refractivity contribution in [3.8, 4) is 0 Å². The molecule has 0 aromatic heterocycles. The maximum atomic E-state index is 10.8. The Kier molecular flexibility index (Phi) is 4.78. The summed E-state index contributed by atoms with van der Waals surface area (Å²) in [7, 11) is 0. The van der Waals surface area contributed by atoms with E-state index in [1.54, 1.807) is 0 Å². The molecule has 0 spiro atoms. The highest BCUT2D eigenvalue weighted by atomic mass is 16.4. The van der Waals surface area contributed by atoms with Gasteiger partial charge in [0.1, 0.15) is 0 Å². The summed E-state index contributed by atoms with van der Waals surface area (Å²) in [5, 5.41) is 8.88. The van der Waals surface area contributed by atoms with Crippen LogP contribution in [0.4, 0.5) is 0 Å². The predicted molar refractivity (Wildman–Crippen MR) is 65.4 cm³/mol. The van der Waals surface area contributed by atoms with E-state index in [0.717, 1.165) is 25.9 Å². The number of carboxylic acid groups (broad SMARTS) is 1. The third kappa shape index (κ3) is 3.78. The minimum absolute atomic E-state index is 0.0909. The van der Waals surface area contributed by atoms with E-state index in [1.165, 1.54) is 0 Å². The molecule has 0 heterocycles. The molecule has 16 heavy (non-hydrogen) atoms. The SMILES string of the molecule is CC(C)CN(CC(C)C)C1CC(C(=O)O)C1. The summed E-state index contributed by atoms with van der Waals surface area (Å²) in [6.07, 6.45) is 1.68. The molecule has 0 bridgehead atoms. The molecule has 0 unspecified atom stereocenters. The van der Waals surface area contributed by atoms with Crippen LogP contribution in [0.5, 0.6) is 0 Å². The molecular formula is C13H25NO2. The van der Waals surface area contributed by atoms with Gasteiger partial charge in [0, 0.05) is 19.1 Å². The fourth-order valence-electron chi connectivity index (χ4n) is 2.40. The zero-order chi connectivity index (χ0) is 12.3. The van der Waals surface area contributed by atoms with Crippen LogP contribution < -0.4 is 0 Å². The molecule has 0 aromatic rings. The molecule has 0 aliphatic heterocycles. The summed E-state index contributed by atoms with van der Waals surface area (Å²) >= 11 is 0. The van der Waals surface area contributed by atoms with Crippen LogP contribution in [0.15, 0.2) is 0 Å². The Labute approximate surface area is 98.8 Å². The van der Waals surface area contributed by atoms with E-state index >= 15 is 0 Å².